The number of anilines is 1. The van der Waals surface area contributed by atoms with Gasteiger partial charge in [0, 0.05) is 5.56 Å². The summed E-state index contributed by atoms with van der Waals surface area (Å²) in [7, 11) is 0. The molecule has 2 aromatic rings. The van der Waals surface area contributed by atoms with E-state index in [0.717, 1.165) is 0 Å². The molecule has 0 spiro atoms. The fraction of sp³-hybridized carbons (Fsp3) is 0.0833. The lowest BCUT2D eigenvalue weighted by molar-refractivity contribution is 0.628. The van der Waals surface area contributed by atoms with E-state index in [1.165, 1.54) is 23.9 Å². The van der Waals surface area contributed by atoms with E-state index < -0.39 is 0 Å². The molecule has 0 aliphatic rings. The van der Waals surface area contributed by atoms with Crippen LogP contribution in [0.15, 0.2) is 29.3 Å². The molecule has 0 radical (unpaired) electrons. The first-order chi connectivity index (χ1) is 8.65. The van der Waals surface area contributed by atoms with Gasteiger partial charge < -0.3 is 5.73 Å². The molecule has 2 N–H and O–H groups in total. The molecule has 1 aromatic heterocycles. The molecule has 0 unspecified atom stereocenters. The van der Waals surface area contributed by atoms with E-state index in [1.54, 1.807) is 18.4 Å². The number of nitrogens with two attached hydrogens (primary N) is 1. The van der Waals surface area contributed by atoms with Gasteiger partial charge in [-0.3, -0.25) is 0 Å². The van der Waals surface area contributed by atoms with E-state index in [-0.39, 0.29) is 11.8 Å². The molecule has 0 bridgehead atoms. The lowest BCUT2D eigenvalue weighted by Crippen LogP contribution is -2.02. The third-order valence-corrected chi connectivity index (χ3v) is 2.98. The SMILES string of the molecule is CSc1nc(N)nc(-c2cccc(F)c2)c1C#N. The highest BCUT2D eigenvalue weighted by Crippen LogP contribution is 2.28. The first-order valence-electron chi connectivity index (χ1n) is 5.03. The number of hydrogen-bond acceptors (Lipinski definition) is 5. The molecule has 1 aromatic carbocycles. The summed E-state index contributed by atoms with van der Waals surface area (Å²) < 4.78 is 13.2. The van der Waals surface area contributed by atoms with Crippen LogP contribution < -0.4 is 5.73 Å². The monoisotopic (exact) mass is 260 g/mol. The molecule has 0 fully saturated rings. The van der Waals surface area contributed by atoms with E-state index in [2.05, 4.69) is 9.97 Å². The van der Waals surface area contributed by atoms with Crippen LogP contribution in [0.2, 0.25) is 0 Å². The summed E-state index contributed by atoms with van der Waals surface area (Å²) in [5.41, 5.74) is 6.77. The molecule has 1 heterocycles. The summed E-state index contributed by atoms with van der Waals surface area (Å²) in [6.07, 6.45) is 1.79. The summed E-state index contributed by atoms with van der Waals surface area (Å²) in [5.74, 6) is -0.322. The van der Waals surface area contributed by atoms with Crippen molar-refractivity contribution >= 4 is 17.7 Å². The summed E-state index contributed by atoms with van der Waals surface area (Å²) in [6.45, 7) is 0. The minimum Gasteiger partial charge on any atom is -0.368 e. The van der Waals surface area contributed by atoms with Crippen molar-refractivity contribution in [3.63, 3.8) is 0 Å². The van der Waals surface area contributed by atoms with Gasteiger partial charge in [-0.1, -0.05) is 12.1 Å². The second-order valence-electron chi connectivity index (χ2n) is 3.44. The number of nitrogen functional groups attached to an aromatic ring is 1. The van der Waals surface area contributed by atoms with Gasteiger partial charge in [0.2, 0.25) is 5.95 Å². The average Bonchev–Trinajstić information content (AvgIpc) is 2.37. The predicted molar refractivity (Wildman–Crippen MR) is 68.3 cm³/mol. The van der Waals surface area contributed by atoms with Crippen molar-refractivity contribution in [1.29, 1.82) is 5.26 Å². The Bertz CT molecular complexity index is 636. The molecule has 18 heavy (non-hydrogen) atoms. The van der Waals surface area contributed by atoms with Gasteiger partial charge in [-0.15, -0.1) is 11.8 Å². The lowest BCUT2D eigenvalue weighted by Gasteiger charge is -2.07. The van der Waals surface area contributed by atoms with Crippen molar-refractivity contribution in [3.05, 3.63) is 35.6 Å². The minimum atomic E-state index is -0.390. The Balaban J connectivity index is 2.71. The summed E-state index contributed by atoms with van der Waals surface area (Å²) >= 11 is 1.30. The highest BCUT2D eigenvalue weighted by atomic mass is 32.2. The molecule has 2 rings (SSSR count). The largest absolute Gasteiger partial charge is 0.368 e. The van der Waals surface area contributed by atoms with Crippen LogP contribution >= 0.6 is 11.8 Å². The van der Waals surface area contributed by atoms with Gasteiger partial charge in [0.25, 0.3) is 0 Å². The molecule has 0 amide bonds. The van der Waals surface area contributed by atoms with Crippen LogP contribution in [0.4, 0.5) is 10.3 Å². The molecule has 0 saturated heterocycles. The van der Waals surface area contributed by atoms with E-state index in [1.807, 2.05) is 6.07 Å². The predicted octanol–water partition coefficient (Wildman–Crippen LogP) is 2.46. The third kappa shape index (κ3) is 2.26. The Morgan fingerprint density at radius 3 is 2.78 bits per heavy atom. The van der Waals surface area contributed by atoms with Gasteiger partial charge in [0.05, 0.1) is 5.69 Å². The zero-order chi connectivity index (χ0) is 13.1. The smallest absolute Gasteiger partial charge is 0.221 e. The topological polar surface area (TPSA) is 75.6 Å². The van der Waals surface area contributed by atoms with E-state index >= 15 is 0 Å². The number of halogens is 1. The fourth-order valence-corrected chi connectivity index (χ4v) is 2.08. The average molecular weight is 260 g/mol. The highest BCUT2D eigenvalue weighted by molar-refractivity contribution is 7.98. The van der Waals surface area contributed by atoms with Crippen LogP contribution in [0.1, 0.15) is 5.56 Å². The number of thioether (sulfide) groups is 1. The number of aromatic nitrogens is 2. The number of nitrogens with zero attached hydrogens (tertiary/aromatic N) is 3. The zero-order valence-corrected chi connectivity index (χ0v) is 10.3. The second-order valence-corrected chi connectivity index (χ2v) is 4.23. The maximum atomic E-state index is 13.2. The quantitative estimate of drug-likeness (QED) is 0.663. The first-order valence-corrected chi connectivity index (χ1v) is 6.25. The van der Waals surface area contributed by atoms with Crippen LogP contribution in [0.5, 0.6) is 0 Å². The van der Waals surface area contributed by atoms with Gasteiger partial charge in [-0.05, 0) is 18.4 Å². The second kappa shape index (κ2) is 5.02. The highest BCUT2D eigenvalue weighted by Gasteiger charge is 2.14. The van der Waals surface area contributed by atoms with Crippen LogP contribution in [0.3, 0.4) is 0 Å². The Kier molecular flexibility index (Phi) is 3.44. The van der Waals surface area contributed by atoms with Crippen molar-refractivity contribution in [2.75, 3.05) is 12.0 Å². The van der Waals surface area contributed by atoms with Gasteiger partial charge in [-0.25, -0.2) is 14.4 Å². The Morgan fingerprint density at radius 1 is 1.39 bits per heavy atom. The molecular formula is C12H9FN4S. The molecule has 0 aliphatic carbocycles. The van der Waals surface area contributed by atoms with Crippen molar-refractivity contribution in [3.8, 4) is 17.3 Å². The molecule has 6 heteroatoms. The number of rotatable bonds is 2. The fourth-order valence-electron chi connectivity index (χ4n) is 1.55. The van der Waals surface area contributed by atoms with Crippen LogP contribution in [0.25, 0.3) is 11.3 Å². The standard InChI is InChI=1S/C12H9FN4S/c1-18-11-9(6-14)10(16-12(15)17-11)7-3-2-4-8(13)5-7/h2-5H,1H3,(H2,15,16,17). The number of benzene rings is 1. The van der Waals surface area contributed by atoms with Crippen LogP contribution in [0, 0.1) is 17.1 Å². The van der Waals surface area contributed by atoms with Crippen LogP contribution in [-0.2, 0) is 0 Å². The summed E-state index contributed by atoms with van der Waals surface area (Å²) in [4.78, 5) is 8.01. The molecule has 0 atom stereocenters. The van der Waals surface area contributed by atoms with Gasteiger partial charge >= 0.3 is 0 Å². The zero-order valence-electron chi connectivity index (χ0n) is 9.51. The van der Waals surface area contributed by atoms with Crippen molar-refractivity contribution < 1.29 is 4.39 Å². The van der Waals surface area contributed by atoms with Crippen molar-refractivity contribution in [2.45, 2.75) is 5.03 Å². The van der Waals surface area contributed by atoms with E-state index in [0.29, 0.717) is 21.8 Å². The van der Waals surface area contributed by atoms with E-state index in [4.69, 9.17) is 5.73 Å². The first kappa shape index (κ1) is 12.3. The van der Waals surface area contributed by atoms with Crippen molar-refractivity contribution in [1.82, 2.24) is 9.97 Å². The number of hydrogen-bond donors (Lipinski definition) is 1. The number of nitriles is 1. The molecule has 4 nitrogen and oxygen atoms in total. The minimum absolute atomic E-state index is 0.0672. The normalized spacial score (nSPS) is 10.1. The molecule has 90 valence electrons. The Labute approximate surface area is 108 Å². The molecule has 0 aliphatic heterocycles. The van der Waals surface area contributed by atoms with Gasteiger partial charge in [-0.2, -0.15) is 5.26 Å². The van der Waals surface area contributed by atoms with Crippen molar-refractivity contribution in [2.24, 2.45) is 0 Å². The third-order valence-electron chi connectivity index (χ3n) is 2.30. The maximum absolute atomic E-state index is 13.2. The molecule has 0 saturated carbocycles. The molecular weight excluding hydrogens is 251 g/mol. The maximum Gasteiger partial charge on any atom is 0.221 e. The summed E-state index contributed by atoms with van der Waals surface area (Å²) in [6, 6.07) is 7.91. The van der Waals surface area contributed by atoms with E-state index in [9.17, 15) is 9.65 Å². The van der Waals surface area contributed by atoms with Crippen LogP contribution in [-0.4, -0.2) is 16.2 Å². The summed E-state index contributed by atoms with van der Waals surface area (Å²) in [5, 5.41) is 9.66. The van der Waals surface area contributed by atoms with Gasteiger partial charge in [0.15, 0.2) is 0 Å². The Hall–Kier alpha value is -2.13. The van der Waals surface area contributed by atoms with Gasteiger partial charge in [0.1, 0.15) is 22.5 Å². The Morgan fingerprint density at radius 2 is 2.17 bits per heavy atom. The lowest BCUT2D eigenvalue weighted by atomic mass is 10.1.